The fraction of sp³-hybridized carbons (Fsp3) is 0.375. The van der Waals surface area contributed by atoms with Crippen LogP contribution < -0.4 is 4.72 Å². The summed E-state index contributed by atoms with van der Waals surface area (Å²) in [6.07, 6.45) is 3.29. The average Bonchev–Trinajstić information content (AvgIpc) is 2.86. The number of nitrogens with one attached hydrogen (secondary N) is 1. The van der Waals surface area contributed by atoms with Crippen molar-refractivity contribution in [2.75, 3.05) is 0 Å². The molecule has 0 saturated heterocycles. The Morgan fingerprint density at radius 1 is 1.30 bits per heavy atom. The van der Waals surface area contributed by atoms with E-state index in [1.807, 2.05) is 18.2 Å². The maximum atomic E-state index is 12.4. The number of hydrogen-bond donors (Lipinski definition) is 1. The second-order valence-electron chi connectivity index (χ2n) is 5.90. The predicted octanol–water partition coefficient (Wildman–Crippen LogP) is 1.34. The van der Waals surface area contributed by atoms with Crippen LogP contribution in [0.25, 0.3) is 0 Å². The minimum atomic E-state index is -3.88. The van der Waals surface area contributed by atoms with E-state index in [0.29, 0.717) is 18.5 Å². The Kier molecular flexibility index (Phi) is 3.97. The fourth-order valence-electron chi connectivity index (χ4n) is 2.93. The molecule has 2 aromatic rings. The third-order valence-corrected chi connectivity index (χ3v) is 5.88. The van der Waals surface area contributed by atoms with Gasteiger partial charge in [-0.25, -0.2) is 13.1 Å². The van der Waals surface area contributed by atoms with Gasteiger partial charge in [0.15, 0.2) is 0 Å². The van der Waals surface area contributed by atoms with E-state index in [4.69, 9.17) is 0 Å². The Bertz CT molecular complexity index is 855. The van der Waals surface area contributed by atoms with Gasteiger partial charge in [-0.3, -0.25) is 9.48 Å². The van der Waals surface area contributed by atoms with E-state index in [-0.39, 0.29) is 10.8 Å². The first kappa shape index (κ1) is 15.7. The van der Waals surface area contributed by atoms with Crippen LogP contribution in [0.3, 0.4) is 0 Å². The van der Waals surface area contributed by atoms with Crippen LogP contribution in [0.2, 0.25) is 0 Å². The first-order chi connectivity index (χ1) is 10.9. The van der Waals surface area contributed by atoms with Gasteiger partial charge in [0, 0.05) is 13.0 Å². The molecule has 0 spiro atoms. The lowest BCUT2D eigenvalue weighted by atomic mass is 9.84. The molecule has 6 nitrogen and oxygen atoms in total. The molecule has 0 fully saturated rings. The Hall–Kier alpha value is -2.15. The number of carbonyl (C=O) groups is 1. The molecule has 1 N–H and O–H groups in total. The SMILES string of the molecule is Cc1c(S(=O)(=O)NC(=O)C2CCc3ccccc3C2)cnn1C. The van der Waals surface area contributed by atoms with Crippen LogP contribution in [0.15, 0.2) is 35.4 Å². The molecule has 1 aliphatic rings. The Balaban J connectivity index is 1.76. The second kappa shape index (κ2) is 5.81. The summed E-state index contributed by atoms with van der Waals surface area (Å²) in [5, 5.41) is 3.92. The van der Waals surface area contributed by atoms with E-state index < -0.39 is 15.9 Å². The number of hydrogen-bond acceptors (Lipinski definition) is 4. The van der Waals surface area contributed by atoms with E-state index in [1.54, 1.807) is 14.0 Å². The van der Waals surface area contributed by atoms with Gasteiger partial charge in [-0.15, -0.1) is 0 Å². The zero-order valence-corrected chi connectivity index (χ0v) is 13.9. The lowest BCUT2D eigenvalue weighted by Gasteiger charge is -2.23. The first-order valence-corrected chi connectivity index (χ1v) is 8.99. The maximum absolute atomic E-state index is 12.4. The summed E-state index contributed by atoms with van der Waals surface area (Å²) in [6.45, 7) is 1.66. The molecular weight excluding hydrogens is 314 g/mol. The molecule has 122 valence electrons. The number of aromatic nitrogens is 2. The third-order valence-electron chi connectivity index (χ3n) is 4.43. The number of nitrogens with zero attached hydrogens (tertiary/aromatic N) is 2. The highest BCUT2D eigenvalue weighted by atomic mass is 32.2. The van der Waals surface area contributed by atoms with Gasteiger partial charge in [0.2, 0.25) is 5.91 Å². The highest BCUT2D eigenvalue weighted by Crippen LogP contribution is 2.26. The van der Waals surface area contributed by atoms with Gasteiger partial charge in [-0.2, -0.15) is 5.10 Å². The molecule has 0 radical (unpaired) electrons. The van der Waals surface area contributed by atoms with E-state index >= 15 is 0 Å². The molecule has 1 heterocycles. The van der Waals surface area contributed by atoms with E-state index in [0.717, 1.165) is 12.0 Å². The predicted molar refractivity (Wildman–Crippen MR) is 85.2 cm³/mol. The minimum Gasteiger partial charge on any atom is -0.274 e. The van der Waals surface area contributed by atoms with Crippen molar-refractivity contribution in [3.05, 3.63) is 47.3 Å². The highest BCUT2D eigenvalue weighted by molar-refractivity contribution is 7.90. The summed E-state index contributed by atoms with van der Waals surface area (Å²) in [5.41, 5.74) is 2.86. The van der Waals surface area contributed by atoms with Crippen molar-refractivity contribution in [1.82, 2.24) is 14.5 Å². The van der Waals surface area contributed by atoms with Gasteiger partial charge >= 0.3 is 0 Å². The average molecular weight is 333 g/mol. The monoisotopic (exact) mass is 333 g/mol. The first-order valence-electron chi connectivity index (χ1n) is 7.50. The number of rotatable bonds is 3. The lowest BCUT2D eigenvalue weighted by Crippen LogP contribution is -2.38. The van der Waals surface area contributed by atoms with Gasteiger partial charge in [0.05, 0.1) is 11.9 Å². The smallest absolute Gasteiger partial charge is 0.267 e. The molecule has 0 aliphatic heterocycles. The molecule has 1 aliphatic carbocycles. The molecule has 3 rings (SSSR count). The van der Waals surface area contributed by atoms with E-state index in [1.165, 1.54) is 16.4 Å². The van der Waals surface area contributed by atoms with Crippen molar-refractivity contribution in [1.29, 1.82) is 0 Å². The van der Waals surface area contributed by atoms with Crippen molar-refractivity contribution in [2.45, 2.75) is 31.1 Å². The number of carbonyl (C=O) groups excluding carboxylic acids is 1. The Morgan fingerprint density at radius 3 is 2.65 bits per heavy atom. The normalized spacial score (nSPS) is 17.6. The number of aryl methyl sites for hydroxylation is 2. The Labute approximate surface area is 135 Å². The van der Waals surface area contributed by atoms with Crippen LogP contribution in [-0.2, 0) is 34.7 Å². The standard InChI is InChI=1S/C16H19N3O3S/c1-11-15(10-17-19(11)2)23(21,22)18-16(20)14-8-7-12-5-3-4-6-13(12)9-14/h3-6,10,14H,7-9H2,1-2H3,(H,18,20). The van der Waals surface area contributed by atoms with Crippen molar-refractivity contribution in [3.8, 4) is 0 Å². The topological polar surface area (TPSA) is 81.1 Å². The number of benzene rings is 1. The second-order valence-corrected chi connectivity index (χ2v) is 7.55. The number of fused-ring (bicyclic) bond motifs is 1. The molecule has 1 atom stereocenters. The van der Waals surface area contributed by atoms with Gasteiger partial charge in [-0.05, 0) is 37.3 Å². The van der Waals surface area contributed by atoms with Gasteiger partial charge < -0.3 is 0 Å². The third kappa shape index (κ3) is 3.01. The molecule has 0 saturated carbocycles. The fourth-order valence-corrected chi connectivity index (χ4v) is 4.18. The number of amides is 1. The Morgan fingerprint density at radius 2 is 2.00 bits per heavy atom. The molecule has 1 unspecified atom stereocenters. The zero-order valence-electron chi connectivity index (χ0n) is 13.1. The lowest BCUT2D eigenvalue weighted by molar-refractivity contribution is -0.123. The summed E-state index contributed by atoms with van der Waals surface area (Å²) in [5.74, 6) is -0.764. The molecule has 7 heteroatoms. The molecule has 23 heavy (non-hydrogen) atoms. The van der Waals surface area contributed by atoms with Crippen molar-refractivity contribution >= 4 is 15.9 Å². The number of sulfonamides is 1. The van der Waals surface area contributed by atoms with Crippen LogP contribution in [0.1, 0.15) is 23.2 Å². The van der Waals surface area contributed by atoms with Crippen molar-refractivity contribution in [3.63, 3.8) is 0 Å². The summed E-state index contributed by atoms with van der Waals surface area (Å²) >= 11 is 0. The highest BCUT2D eigenvalue weighted by Gasteiger charge is 2.29. The molecule has 0 bridgehead atoms. The van der Waals surface area contributed by atoms with Crippen LogP contribution in [0, 0.1) is 12.8 Å². The van der Waals surface area contributed by atoms with E-state index in [9.17, 15) is 13.2 Å². The van der Waals surface area contributed by atoms with Gasteiger partial charge in [-0.1, -0.05) is 24.3 Å². The summed E-state index contributed by atoms with van der Waals surface area (Å²) in [4.78, 5) is 12.4. The molecular formula is C16H19N3O3S. The zero-order chi connectivity index (χ0) is 16.6. The summed E-state index contributed by atoms with van der Waals surface area (Å²) in [7, 11) is -2.22. The van der Waals surface area contributed by atoms with Crippen LogP contribution in [0.4, 0.5) is 0 Å². The summed E-state index contributed by atoms with van der Waals surface area (Å²) in [6, 6.07) is 7.97. The largest absolute Gasteiger partial charge is 0.274 e. The quantitative estimate of drug-likeness (QED) is 0.919. The molecule has 1 amide bonds. The van der Waals surface area contributed by atoms with Crippen LogP contribution in [-0.4, -0.2) is 24.1 Å². The van der Waals surface area contributed by atoms with E-state index in [2.05, 4.69) is 15.9 Å². The van der Waals surface area contributed by atoms with Crippen molar-refractivity contribution in [2.24, 2.45) is 13.0 Å². The van der Waals surface area contributed by atoms with Crippen molar-refractivity contribution < 1.29 is 13.2 Å². The van der Waals surface area contributed by atoms with Gasteiger partial charge in [0.25, 0.3) is 10.0 Å². The minimum absolute atomic E-state index is 0.0459. The maximum Gasteiger partial charge on any atom is 0.267 e. The van der Waals surface area contributed by atoms with Crippen LogP contribution >= 0.6 is 0 Å². The molecule has 1 aromatic heterocycles. The summed E-state index contributed by atoms with van der Waals surface area (Å²) < 4.78 is 28.4. The van der Waals surface area contributed by atoms with Gasteiger partial charge in [0.1, 0.15) is 4.90 Å². The molecule has 1 aromatic carbocycles. The van der Waals surface area contributed by atoms with Crippen LogP contribution in [0.5, 0.6) is 0 Å².